The number of aromatic amines is 1. The molecule has 6 nitrogen and oxygen atoms in total. The van der Waals surface area contributed by atoms with Gasteiger partial charge in [-0.25, -0.2) is 0 Å². The Labute approximate surface area is 165 Å². The highest BCUT2D eigenvalue weighted by atomic mass is 35.5. The van der Waals surface area contributed by atoms with Crippen molar-refractivity contribution >= 4 is 39.7 Å². The number of benzene rings is 2. The summed E-state index contributed by atoms with van der Waals surface area (Å²) in [7, 11) is 0. The normalized spacial score (nSPS) is 11.6. The molecular weight excluding hydrogens is 384 g/mol. The van der Waals surface area contributed by atoms with E-state index in [2.05, 4.69) is 14.7 Å². The number of halogens is 1. The number of para-hydroxylation sites is 1. The molecule has 0 aliphatic heterocycles. The van der Waals surface area contributed by atoms with Gasteiger partial charge in [0.2, 0.25) is 0 Å². The fraction of sp³-hybridized carbons (Fsp3) is 0.158. The summed E-state index contributed by atoms with van der Waals surface area (Å²) >= 11 is 7.50. The molecule has 0 aliphatic rings. The van der Waals surface area contributed by atoms with Crippen LogP contribution in [0.3, 0.4) is 0 Å². The number of rotatable bonds is 6. The van der Waals surface area contributed by atoms with Crippen molar-refractivity contribution in [1.82, 2.24) is 4.37 Å². The minimum atomic E-state index is -0.278. The van der Waals surface area contributed by atoms with Crippen molar-refractivity contribution in [2.24, 2.45) is 10.7 Å². The van der Waals surface area contributed by atoms with E-state index in [0.29, 0.717) is 32.8 Å². The molecule has 0 saturated carbocycles. The second-order valence-corrected chi connectivity index (χ2v) is 7.25. The van der Waals surface area contributed by atoms with Crippen LogP contribution in [0, 0.1) is 0 Å². The number of H-pyrrole nitrogens is 1. The first-order chi connectivity index (χ1) is 12.9. The summed E-state index contributed by atoms with van der Waals surface area (Å²) in [5, 5.41) is 4.19. The van der Waals surface area contributed by atoms with Crippen LogP contribution in [0.1, 0.15) is 19.4 Å². The summed E-state index contributed by atoms with van der Waals surface area (Å²) in [5.74, 6) is 1.44. The molecule has 4 N–H and O–H groups in total. The van der Waals surface area contributed by atoms with Gasteiger partial charge in [-0.05, 0) is 55.7 Å². The van der Waals surface area contributed by atoms with Gasteiger partial charge in [-0.3, -0.25) is 14.2 Å². The maximum atomic E-state index is 12.1. The largest absolute Gasteiger partial charge is 0.456 e. The molecule has 2 aromatic carbocycles. The second kappa shape index (κ2) is 8.28. The van der Waals surface area contributed by atoms with Gasteiger partial charge in [0.05, 0.1) is 5.02 Å². The van der Waals surface area contributed by atoms with Crippen LogP contribution in [0.25, 0.3) is 0 Å². The van der Waals surface area contributed by atoms with E-state index in [4.69, 9.17) is 22.1 Å². The summed E-state index contributed by atoms with van der Waals surface area (Å²) in [6.07, 6.45) is 0. The Morgan fingerprint density at radius 3 is 2.67 bits per heavy atom. The summed E-state index contributed by atoms with van der Waals surface area (Å²) in [6, 6.07) is 14.7. The zero-order chi connectivity index (χ0) is 19.4. The fourth-order valence-corrected chi connectivity index (χ4v) is 3.36. The van der Waals surface area contributed by atoms with Gasteiger partial charge in [0.25, 0.3) is 5.56 Å². The number of hydrogen-bond donors (Lipinski definition) is 3. The first kappa shape index (κ1) is 19.0. The summed E-state index contributed by atoms with van der Waals surface area (Å²) in [4.78, 5) is 16.3. The highest BCUT2D eigenvalue weighted by Gasteiger charge is 2.16. The van der Waals surface area contributed by atoms with E-state index in [1.807, 2.05) is 50.2 Å². The van der Waals surface area contributed by atoms with Gasteiger partial charge < -0.3 is 15.8 Å². The number of aliphatic imine (C=N–C) groups is 1. The average Bonchev–Trinajstić information content (AvgIpc) is 2.98. The van der Waals surface area contributed by atoms with Crippen molar-refractivity contribution in [1.29, 1.82) is 0 Å². The maximum Gasteiger partial charge on any atom is 0.271 e. The smallest absolute Gasteiger partial charge is 0.271 e. The Morgan fingerprint density at radius 2 is 2.00 bits per heavy atom. The molecule has 0 spiro atoms. The number of anilines is 2. The molecular formula is C19H19ClN4O2S. The SMILES string of the molecule is CC(C)N=C(N)c1c(Nc2ccc(Oc3ccccc3)c(Cl)c2)s[nH]c1=O. The lowest BCUT2D eigenvalue weighted by Crippen LogP contribution is -2.23. The maximum absolute atomic E-state index is 12.1. The fourth-order valence-electron chi connectivity index (χ4n) is 2.37. The highest BCUT2D eigenvalue weighted by molar-refractivity contribution is 7.10. The quantitative estimate of drug-likeness (QED) is 0.410. The molecule has 3 rings (SSSR count). The Morgan fingerprint density at radius 1 is 1.26 bits per heavy atom. The lowest BCUT2D eigenvalue weighted by atomic mass is 10.2. The minimum absolute atomic E-state index is 0.0130. The monoisotopic (exact) mass is 402 g/mol. The molecule has 1 aromatic heterocycles. The number of aromatic nitrogens is 1. The van der Waals surface area contributed by atoms with E-state index >= 15 is 0 Å². The van der Waals surface area contributed by atoms with Gasteiger partial charge in [-0.15, -0.1) is 0 Å². The van der Waals surface area contributed by atoms with E-state index in [1.165, 1.54) is 0 Å². The summed E-state index contributed by atoms with van der Waals surface area (Å²) < 4.78 is 8.45. The number of nitrogens with zero attached hydrogens (tertiary/aromatic N) is 1. The van der Waals surface area contributed by atoms with E-state index in [1.54, 1.807) is 12.1 Å². The molecule has 0 aliphatic carbocycles. The van der Waals surface area contributed by atoms with E-state index in [0.717, 1.165) is 11.5 Å². The van der Waals surface area contributed by atoms with Crippen molar-refractivity contribution < 1.29 is 4.74 Å². The molecule has 0 bridgehead atoms. The molecule has 3 aromatic rings. The number of hydrogen-bond acceptors (Lipinski definition) is 5. The van der Waals surface area contributed by atoms with Gasteiger partial charge in [-0.2, -0.15) is 0 Å². The first-order valence-electron chi connectivity index (χ1n) is 8.28. The molecule has 1 heterocycles. The van der Waals surface area contributed by atoms with Crippen molar-refractivity contribution in [2.75, 3.05) is 5.32 Å². The molecule has 0 saturated heterocycles. The first-order valence-corrected chi connectivity index (χ1v) is 9.48. The lowest BCUT2D eigenvalue weighted by Gasteiger charge is -2.11. The Balaban J connectivity index is 1.83. The van der Waals surface area contributed by atoms with Gasteiger partial charge in [0, 0.05) is 11.7 Å². The number of ether oxygens (including phenoxy) is 1. The van der Waals surface area contributed by atoms with Crippen molar-refractivity contribution in [3.05, 3.63) is 69.5 Å². The van der Waals surface area contributed by atoms with Crippen LogP contribution in [0.4, 0.5) is 10.7 Å². The van der Waals surface area contributed by atoms with Crippen molar-refractivity contribution in [3.8, 4) is 11.5 Å². The van der Waals surface area contributed by atoms with Crippen LogP contribution in [0.2, 0.25) is 5.02 Å². The van der Waals surface area contributed by atoms with Crippen LogP contribution in [-0.4, -0.2) is 16.3 Å². The van der Waals surface area contributed by atoms with Crippen LogP contribution in [0.15, 0.2) is 58.3 Å². The molecule has 0 amide bonds. The molecule has 27 heavy (non-hydrogen) atoms. The van der Waals surface area contributed by atoms with Gasteiger partial charge in [-0.1, -0.05) is 29.8 Å². The molecule has 8 heteroatoms. The third-order valence-corrected chi connectivity index (χ3v) is 4.61. The molecule has 0 unspecified atom stereocenters. The molecule has 0 fully saturated rings. The third kappa shape index (κ3) is 4.69. The zero-order valence-corrected chi connectivity index (χ0v) is 16.4. The average molecular weight is 403 g/mol. The topological polar surface area (TPSA) is 92.5 Å². The van der Waals surface area contributed by atoms with Crippen LogP contribution < -0.4 is 21.3 Å². The molecule has 0 atom stereocenters. The van der Waals surface area contributed by atoms with Crippen LogP contribution in [0.5, 0.6) is 11.5 Å². The number of nitrogens with two attached hydrogens (primary N) is 1. The standard InChI is InChI=1S/C19H19ClN4O2S/c1-11(2)22-17(21)16-18(25)24-27-19(16)23-12-8-9-15(14(20)10-12)26-13-6-4-3-5-7-13/h3-11,23H,1-2H3,(H2,21,22)(H,24,25). The van der Waals surface area contributed by atoms with Crippen LogP contribution >= 0.6 is 23.1 Å². The van der Waals surface area contributed by atoms with Gasteiger partial charge >= 0.3 is 0 Å². The summed E-state index contributed by atoms with van der Waals surface area (Å²) in [6.45, 7) is 3.79. The predicted octanol–water partition coefficient (Wildman–Crippen LogP) is 4.74. The lowest BCUT2D eigenvalue weighted by molar-refractivity contribution is 0.483. The summed E-state index contributed by atoms with van der Waals surface area (Å²) in [5.41, 5.74) is 6.74. The zero-order valence-electron chi connectivity index (χ0n) is 14.8. The Bertz CT molecular complexity index is 1010. The molecule has 0 radical (unpaired) electrons. The Kier molecular flexibility index (Phi) is 5.83. The van der Waals surface area contributed by atoms with E-state index < -0.39 is 0 Å². The minimum Gasteiger partial charge on any atom is -0.456 e. The highest BCUT2D eigenvalue weighted by Crippen LogP contribution is 2.33. The van der Waals surface area contributed by atoms with E-state index in [-0.39, 0.29) is 17.4 Å². The number of amidine groups is 1. The second-order valence-electron chi connectivity index (χ2n) is 6.03. The van der Waals surface area contributed by atoms with E-state index in [9.17, 15) is 4.79 Å². The Hall–Kier alpha value is -2.77. The van der Waals surface area contributed by atoms with Gasteiger partial charge in [0.15, 0.2) is 0 Å². The predicted molar refractivity (Wildman–Crippen MR) is 112 cm³/mol. The van der Waals surface area contributed by atoms with Crippen molar-refractivity contribution in [3.63, 3.8) is 0 Å². The molecule has 140 valence electrons. The third-order valence-electron chi connectivity index (χ3n) is 3.51. The number of nitrogens with one attached hydrogen (secondary N) is 2. The van der Waals surface area contributed by atoms with Crippen molar-refractivity contribution in [2.45, 2.75) is 19.9 Å². The van der Waals surface area contributed by atoms with Gasteiger partial charge in [0.1, 0.15) is 27.9 Å². The van der Waals surface area contributed by atoms with Crippen LogP contribution in [-0.2, 0) is 0 Å².